The second-order valence-electron chi connectivity index (χ2n) is 7.29. The maximum absolute atomic E-state index is 13.0. The van der Waals surface area contributed by atoms with Crippen molar-refractivity contribution in [3.05, 3.63) is 65.0 Å². The number of alkyl halides is 6. The molecule has 4 rings (SSSR count). The summed E-state index contributed by atoms with van der Waals surface area (Å²) in [5.74, 6) is -0.748. The van der Waals surface area contributed by atoms with Crippen molar-refractivity contribution in [1.29, 1.82) is 0 Å². The fourth-order valence-electron chi connectivity index (χ4n) is 3.58. The fourth-order valence-corrected chi connectivity index (χ4v) is 3.58. The van der Waals surface area contributed by atoms with Gasteiger partial charge in [0, 0.05) is 36.8 Å². The van der Waals surface area contributed by atoms with Crippen LogP contribution in [0.4, 0.5) is 26.3 Å². The second-order valence-corrected chi connectivity index (χ2v) is 7.29. The van der Waals surface area contributed by atoms with E-state index < -0.39 is 35.7 Å². The first kappa shape index (κ1) is 21.8. The molecule has 3 heterocycles. The topological polar surface area (TPSA) is 72.7 Å². The van der Waals surface area contributed by atoms with Crippen LogP contribution in [0, 0.1) is 0 Å². The molecule has 12 heteroatoms. The largest absolute Gasteiger partial charge is 0.435 e. The number of halogens is 6. The monoisotopic (exact) mass is 455 g/mol. The minimum Gasteiger partial charge on any atom is -0.344 e. The predicted molar refractivity (Wildman–Crippen MR) is 99.2 cm³/mol. The van der Waals surface area contributed by atoms with Gasteiger partial charge in [-0.2, -0.15) is 31.4 Å². The molecule has 1 aliphatic carbocycles. The molecule has 0 aromatic carbocycles. The molecule has 0 bridgehead atoms. The van der Waals surface area contributed by atoms with Gasteiger partial charge in [0.2, 0.25) is 0 Å². The van der Waals surface area contributed by atoms with Gasteiger partial charge in [0.15, 0.2) is 5.69 Å². The molecule has 0 unspecified atom stereocenters. The van der Waals surface area contributed by atoms with E-state index in [4.69, 9.17) is 0 Å². The fraction of sp³-hybridized carbons (Fsp3) is 0.300. The molecule has 168 valence electrons. The van der Waals surface area contributed by atoms with Crippen LogP contribution in [0.2, 0.25) is 0 Å². The highest BCUT2D eigenvalue weighted by Gasteiger charge is 2.36. The summed E-state index contributed by atoms with van der Waals surface area (Å²) in [7, 11) is 1.23. The van der Waals surface area contributed by atoms with Crippen LogP contribution in [0.5, 0.6) is 0 Å². The van der Waals surface area contributed by atoms with E-state index in [0.717, 1.165) is 16.9 Å². The highest BCUT2D eigenvalue weighted by Crippen LogP contribution is 2.35. The molecule has 0 radical (unpaired) electrons. The van der Waals surface area contributed by atoms with Gasteiger partial charge in [0.05, 0.1) is 6.04 Å². The molecule has 0 saturated heterocycles. The molecule has 0 spiro atoms. The van der Waals surface area contributed by atoms with Crippen molar-refractivity contribution >= 4 is 5.91 Å². The highest BCUT2D eigenvalue weighted by molar-refractivity contribution is 5.93. The van der Waals surface area contributed by atoms with E-state index >= 15 is 0 Å². The Morgan fingerprint density at radius 2 is 1.75 bits per heavy atom. The summed E-state index contributed by atoms with van der Waals surface area (Å²) in [6, 6.07) is 4.05. The predicted octanol–water partition coefficient (Wildman–Crippen LogP) is 4.33. The first-order valence-electron chi connectivity index (χ1n) is 9.38. The number of pyridine rings is 2. The van der Waals surface area contributed by atoms with Gasteiger partial charge in [-0.05, 0) is 42.2 Å². The average Bonchev–Trinajstić information content (AvgIpc) is 3.30. The summed E-state index contributed by atoms with van der Waals surface area (Å²) in [6.45, 7) is 0. The Bertz CT molecular complexity index is 1180. The van der Waals surface area contributed by atoms with Crippen LogP contribution < -0.4 is 5.32 Å². The number of fused-ring (bicyclic) bond motifs is 1. The quantitative estimate of drug-likeness (QED) is 0.597. The number of amides is 1. The molecule has 3 aromatic heterocycles. The lowest BCUT2D eigenvalue weighted by molar-refractivity contribution is -0.142. The Balaban J connectivity index is 1.60. The minimum atomic E-state index is -4.69. The Labute approximate surface area is 177 Å². The third-order valence-corrected chi connectivity index (χ3v) is 5.14. The van der Waals surface area contributed by atoms with Crippen molar-refractivity contribution in [3.8, 4) is 11.1 Å². The molecule has 1 N–H and O–H groups in total. The number of carbonyl (C=O) groups is 1. The van der Waals surface area contributed by atoms with E-state index in [1.165, 1.54) is 19.3 Å². The first-order chi connectivity index (χ1) is 14.9. The zero-order valence-electron chi connectivity index (χ0n) is 16.4. The summed E-state index contributed by atoms with van der Waals surface area (Å²) in [6.07, 6.45) is -5.85. The van der Waals surface area contributed by atoms with Crippen LogP contribution in [-0.2, 0) is 25.8 Å². The minimum absolute atomic E-state index is 0.251. The zero-order valence-corrected chi connectivity index (χ0v) is 16.4. The van der Waals surface area contributed by atoms with Crippen LogP contribution in [-0.4, -0.2) is 25.7 Å². The van der Waals surface area contributed by atoms with Gasteiger partial charge in [-0.25, -0.2) is 0 Å². The van der Waals surface area contributed by atoms with Crippen LogP contribution in [0.1, 0.15) is 45.6 Å². The number of carbonyl (C=O) groups excluding carboxylic acids is 1. The van der Waals surface area contributed by atoms with E-state index in [2.05, 4.69) is 20.4 Å². The number of nitrogens with zero attached hydrogens (tertiary/aromatic N) is 4. The van der Waals surface area contributed by atoms with E-state index in [-0.39, 0.29) is 11.3 Å². The lowest BCUT2D eigenvalue weighted by atomic mass is 10.0. The lowest BCUT2D eigenvalue weighted by Gasteiger charge is -2.15. The average molecular weight is 455 g/mol. The van der Waals surface area contributed by atoms with Crippen molar-refractivity contribution in [2.45, 2.75) is 31.2 Å². The van der Waals surface area contributed by atoms with Crippen LogP contribution in [0.25, 0.3) is 11.1 Å². The second kappa shape index (κ2) is 7.61. The normalized spacial score (nSPS) is 16.2. The van der Waals surface area contributed by atoms with Crippen molar-refractivity contribution in [2.75, 3.05) is 0 Å². The molecule has 6 nitrogen and oxygen atoms in total. The van der Waals surface area contributed by atoms with Gasteiger partial charge in [-0.1, -0.05) is 0 Å². The first-order valence-corrected chi connectivity index (χ1v) is 9.38. The summed E-state index contributed by atoms with van der Waals surface area (Å²) >= 11 is 0. The molecule has 3 aromatic rings. The van der Waals surface area contributed by atoms with E-state index in [0.29, 0.717) is 35.7 Å². The Morgan fingerprint density at radius 3 is 2.41 bits per heavy atom. The van der Waals surface area contributed by atoms with E-state index in [9.17, 15) is 31.1 Å². The molecular formula is C20H15F6N5O. The molecule has 1 aliphatic rings. The highest BCUT2D eigenvalue weighted by atomic mass is 19.4. The molecule has 0 saturated carbocycles. The zero-order chi connectivity index (χ0) is 23.3. The van der Waals surface area contributed by atoms with Gasteiger partial charge in [0.25, 0.3) is 5.91 Å². The molecule has 32 heavy (non-hydrogen) atoms. The maximum Gasteiger partial charge on any atom is 0.435 e. The number of rotatable bonds is 3. The van der Waals surface area contributed by atoms with Crippen molar-refractivity contribution in [1.82, 2.24) is 25.1 Å². The Hall–Kier alpha value is -3.44. The third kappa shape index (κ3) is 4.16. The Kier molecular flexibility index (Phi) is 5.18. The van der Waals surface area contributed by atoms with E-state index in [1.54, 1.807) is 6.07 Å². The summed E-state index contributed by atoms with van der Waals surface area (Å²) in [4.78, 5) is 20.2. The van der Waals surface area contributed by atoms with Gasteiger partial charge in [-0.3, -0.25) is 19.4 Å². The number of nitrogens with one attached hydrogen (secondary N) is 1. The molecule has 1 atom stereocenters. The van der Waals surface area contributed by atoms with Crippen molar-refractivity contribution in [2.24, 2.45) is 7.05 Å². The van der Waals surface area contributed by atoms with Gasteiger partial charge >= 0.3 is 12.4 Å². The van der Waals surface area contributed by atoms with E-state index in [1.807, 2.05) is 0 Å². The van der Waals surface area contributed by atoms with Gasteiger partial charge in [0.1, 0.15) is 11.4 Å². The van der Waals surface area contributed by atoms with Gasteiger partial charge in [-0.15, -0.1) is 0 Å². The van der Waals surface area contributed by atoms with Crippen LogP contribution in [0.15, 0.2) is 36.7 Å². The van der Waals surface area contributed by atoms with Crippen molar-refractivity contribution < 1.29 is 31.1 Å². The Morgan fingerprint density at radius 1 is 1.03 bits per heavy atom. The summed E-state index contributed by atoms with van der Waals surface area (Å²) < 4.78 is 78.4. The van der Waals surface area contributed by atoms with Crippen LogP contribution in [0.3, 0.4) is 0 Å². The number of hydrogen-bond donors (Lipinski definition) is 1. The number of hydrogen-bond acceptors (Lipinski definition) is 4. The smallest absolute Gasteiger partial charge is 0.344 e. The van der Waals surface area contributed by atoms with Crippen LogP contribution >= 0.6 is 0 Å². The molecule has 0 fully saturated rings. The lowest BCUT2D eigenvalue weighted by Crippen LogP contribution is -2.28. The summed E-state index contributed by atoms with van der Waals surface area (Å²) in [5, 5.41) is 6.00. The van der Waals surface area contributed by atoms with Crippen molar-refractivity contribution in [3.63, 3.8) is 0 Å². The molecule has 1 amide bonds. The number of aromatic nitrogens is 4. The maximum atomic E-state index is 13.0. The van der Waals surface area contributed by atoms with Gasteiger partial charge < -0.3 is 5.32 Å². The number of aryl methyl sites for hydroxylation is 2. The standard InChI is InChI=1S/C20H15F6N5O/c1-31-15(8-17(30-31)20(24,25)26)18(32)29-14-3-2-13-12(14)6-11(9-28-13)10-4-5-27-16(7-10)19(21,22)23/h4-9,14H,2-3H2,1H3,(H,29,32)/t14-/m0/s1. The molecular weight excluding hydrogens is 440 g/mol. The SMILES string of the molecule is Cn1nc(C(F)(F)F)cc1C(=O)N[C@H]1CCc2ncc(-c3ccnc(C(F)(F)F)c3)cc21. The summed E-state index contributed by atoms with van der Waals surface area (Å²) in [5.41, 5.74) is -0.585. The third-order valence-electron chi connectivity index (χ3n) is 5.14. The molecule has 0 aliphatic heterocycles.